The summed E-state index contributed by atoms with van der Waals surface area (Å²) in [6.07, 6.45) is 0. The van der Waals surface area contributed by atoms with E-state index >= 15 is 0 Å². The van der Waals surface area contributed by atoms with Crippen molar-refractivity contribution in [2.75, 3.05) is 10.2 Å². The average Bonchev–Trinajstić information content (AvgIpc) is 2.60. The third kappa shape index (κ3) is 4.12. The maximum Gasteiger partial charge on any atom is 0.287 e. The fourth-order valence-corrected chi connectivity index (χ4v) is 4.39. The van der Waals surface area contributed by atoms with E-state index in [2.05, 4.69) is 10.2 Å². The SMILES string of the molecule is O=P(Nc1ccc(Cl)cc1)(Nc1ccc(Cl)cc1)c1ccccc1. The van der Waals surface area contributed by atoms with Crippen LogP contribution in [0.4, 0.5) is 11.4 Å². The van der Waals surface area contributed by atoms with Crippen LogP contribution in [0.1, 0.15) is 0 Å². The van der Waals surface area contributed by atoms with Gasteiger partial charge in [-0.3, -0.25) is 4.57 Å². The van der Waals surface area contributed by atoms with Gasteiger partial charge in [-0.15, -0.1) is 0 Å². The maximum absolute atomic E-state index is 13.6. The van der Waals surface area contributed by atoms with Crippen molar-refractivity contribution in [1.29, 1.82) is 0 Å². The van der Waals surface area contributed by atoms with Gasteiger partial charge in [-0.1, -0.05) is 41.4 Å². The van der Waals surface area contributed by atoms with Crippen molar-refractivity contribution in [3.05, 3.63) is 88.9 Å². The van der Waals surface area contributed by atoms with Crippen molar-refractivity contribution < 1.29 is 4.57 Å². The maximum atomic E-state index is 13.6. The molecule has 0 amide bonds. The fourth-order valence-electron chi connectivity index (χ4n) is 2.21. The summed E-state index contributed by atoms with van der Waals surface area (Å²) in [5.41, 5.74) is 1.43. The second-order valence-electron chi connectivity index (χ2n) is 5.18. The molecule has 3 nitrogen and oxygen atoms in total. The van der Waals surface area contributed by atoms with E-state index in [1.165, 1.54) is 0 Å². The Kier molecular flexibility index (Phi) is 5.15. The van der Waals surface area contributed by atoms with Crippen molar-refractivity contribution in [2.24, 2.45) is 0 Å². The Morgan fingerprint density at radius 2 is 1.04 bits per heavy atom. The molecule has 0 heterocycles. The van der Waals surface area contributed by atoms with Gasteiger partial charge in [0.25, 0.3) is 7.44 Å². The van der Waals surface area contributed by atoms with Crippen LogP contribution in [0.15, 0.2) is 78.9 Å². The standard InChI is InChI=1S/C18H15Cl2N2OP/c19-14-6-10-16(11-7-14)21-24(23,18-4-2-1-3-5-18)22-17-12-8-15(20)9-13-17/h1-13H,(H2,21,22,23). The van der Waals surface area contributed by atoms with Gasteiger partial charge in [0.15, 0.2) is 0 Å². The van der Waals surface area contributed by atoms with Gasteiger partial charge >= 0.3 is 0 Å². The van der Waals surface area contributed by atoms with Crippen LogP contribution < -0.4 is 15.5 Å². The van der Waals surface area contributed by atoms with Gasteiger partial charge in [-0.05, 0) is 60.7 Å². The van der Waals surface area contributed by atoms with Gasteiger partial charge in [0.2, 0.25) is 0 Å². The molecule has 0 bridgehead atoms. The number of hydrogen-bond donors (Lipinski definition) is 2. The molecule has 0 aliphatic heterocycles. The van der Waals surface area contributed by atoms with Gasteiger partial charge in [0.05, 0.1) is 5.30 Å². The highest BCUT2D eigenvalue weighted by Gasteiger charge is 2.24. The van der Waals surface area contributed by atoms with E-state index in [-0.39, 0.29) is 0 Å². The molecular formula is C18H15Cl2N2OP. The number of rotatable bonds is 5. The topological polar surface area (TPSA) is 41.1 Å². The normalized spacial score (nSPS) is 11.1. The summed E-state index contributed by atoms with van der Waals surface area (Å²) >= 11 is 11.8. The van der Waals surface area contributed by atoms with Crippen LogP contribution in [0.2, 0.25) is 10.0 Å². The summed E-state index contributed by atoms with van der Waals surface area (Å²) in [6, 6.07) is 23.4. The zero-order valence-corrected chi connectivity index (χ0v) is 15.0. The van der Waals surface area contributed by atoms with Crippen LogP contribution in [0.3, 0.4) is 0 Å². The van der Waals surface area contributed by atoms with Crippen molar-refractivity contribution >= 4 is 47.3 Å². The third-order valence-electron chi connectivity index (χ3n) is 3.38. The average molecular weight is 377 g/mol. The first kappa shape index (κ1) is 16.9. The van der Waals surface area contributed by atoms with Gasteiger partial charge < -0.3 is 10.2 Å². The molecule has 3 aromatic rings. The fraction of sp³-hybridized carbons (Fsp3) is 0. The first-order valence-corrected chi connectivity index (χ1v) is 9.75. The lowest BCUT2D eigenvalue weighted by atomic mass is 10.3. The lowest BCUT2D eigenvalue weighted by molar-refractivity contribution is 0.587. The van der Waals surface area contributed by atoms with Crippen LogP contribution in [-0.2, 0) is 4.57 Å². The molecule has 0 aliphatic carbocycles. The summed E-state index contributed by atoms with van der Waals surface area (Å²) < 4.78 is 13.6. The molecule has 0 fully saturated rings. The van der Waals surface area contributed by atoms with Crippen molar-refractivity contribution in [1.82, 2.24) is 0 Å². The summed E-state index contributed by atoms with van der Waals surface area (Å²) in [5, 5.41) is 8.16. The van der Waals surface area contributed by atoms with Gasteiger partial charge in [0, 0.05) is 21.4 Å². The molecule has 2 N–H and O–H groups in total. The molecule has 24 heavy (non-hydrogen) atoms. The molecule has 6 heteroatoms. The second-order valence-corrected chi connectivity index (χ2v) is 8.24. The zero-order valence-electron chi connectivity index (χ0n) is 12.6. The highest BCUT2D eigenvalue weighted by molar-refractivity contribution is 7.74. The second kappa shape index (κ2) is 7.31. The van der Waals surface area contributed by atoms with E-state index in [0.717, 1.165) is 0 Å². The lowest BCUT2D eigenvalue weighted by Crippen LogP contribution is -2.18. The van der Waals surface area contributed by atoms with Gasteiger partial charge in [0.1, 0.15) is 0 Å². The predicted molar refractivity (Wildman–Crippen MR) is 104 cm³/mol. The van der Waals surface area contributed by atoms with Crippen molar-refractivity contribution in [3.8, 4) is 0 Å². The van der Waals surface area contributed by atoms with E-state index in [1.54, 1.807) is 48.5 Å². The highest BCUT2D eigenvalue weighted by Crippen LogP contribution is 2.44. The Bertz CT molecular complexity index is 801. The van der Waals surface area contributed by atoms with Crippen molar-refractivity contribution in [2.45, 2.75) is 0 Å². The smallest absolute Gasteiger partial charge is 0.287 e. The first-order chi connectivity index (χ1) is 11.5. The lowest BCUT2D eigenvalue weighted by Gasteiger charge is -2.23. The highest BCUT2D eigenvalue weighted by atomic mass is 35.5. The summed E-state index contributed by atoms with van der Waals surface area (Å²) in [4.78, 5) is 0. The van der Waals surface area contributed by atoms with Crippen LogP contribution in [0.5, 0.6) is 0 Å². The summed E-state index contributed by atoms with van der Waals surface area (Å²) in [5.74, 6) is 0. The molecule has 0 aromatic heterocycles. The molecule has 0 radical (unpaired) electrons. The minimum atomic E-state index is -3.13. The quantitative estimate of drug-likeness (QED) is 0.533. The molecule has 3 rings (SSSR count). The molecular weight excluding hydrogens is 362 g/mol. The summed E-state index contributed by atoms with van der Waals surface area (Å²) in [6.45, 7) is 0. The molecule has 122 valence electrons. The first-order valence-electron chi connectivity index (χ1n) is 7.28. The van der Waals surface area contributed by atoms with Crippen LogP contribution >= 0.6 is 30.6 Å². The Labute approximate surface area is 151 Å². The Hall–Kier alpha value is -1.93. The molecule has 0 unspecified atom stereocenters. The number of nitrogens with one attached hydrogen (secondary N) is 2. The summed E-state index contributed by atoms with van der Waals surface area (Å²) in [7, 11) is -3.13. The van der Waals surface area contributed by atoms with Gasteiger partial charge in [-0.2, -0.15) is 0 Å². The third-order valence-corrected chi connectivity index (χ3v) is 6.06. The Morgan fingerprint density at radius 3 is 1.46 bits per heavy atom. The predicted octanol–water partition coefficient (Wildman–Crippen LogP) is 6.04. The van der Waals surface area contributed by atoms with E-state index in [1.807, 2.05) is 30.3 Å². The molecule has 3 aromatic carbocycles. The van der Waals surface area contributed by atoms with Crippen LogP contribution in [0.25, 0.3) is 0 Å². The number of benzene rings is 3. The largest absolute Gasteiger partial charge is 0.317 e. The molecule has 0 saturated heterocycles. The molecule has 0 saturated carbocycles. The Balaban J connectivity index is 1.95. The zero-order chi connectivity index (χ0) is 17.0. The molecule has 0 aliphatic rings. The van der Waals surface area contributed by atoms with E-state index < -0.39 is 7.44 Å². The van der Waals surface area contributed by atoms with Crippen molar-refractivity contribution in [3.63, 3.8) is 0 Å². The van der Waals surface area contributed by atoms with E-state index in [9.17, 15) is 4.57 Å². The molecule has 0 spiro atoms. The minimum Gasteiger partial charge on any atom is -0.317 e. The van der Waals surface area contributed by atoms with E-state index in [4.69, 9.17) is 23.2 Å². The number of anilines is 2. The van der Waals surface area contributed by atoms with E-state index in [0.29, 0.717) is 26.7 Å². The van der Waals surface area contributed by atoms with Crippen LogP contribution in [-0.4, -0.2) is 0 Å². The van der Waals surface area contributed by atoms with Gasteiger partial charge in [-0.25, -0.2) is 0 Å². The molecule has 0 atom stereocenters. The minimum absolute atomic E-state index is 0.626. The Morgan fingerprint density at radius 1 is 0.625 bits per heavy atom. The monoisotopic (exact) mass is 376 g/mol. The number of halogens is 2. The number of hydrogen-bond acceptors (Lipinski definition) is 1. The van der Waals surface area contributed by atoms with Crippen LogP contribution in [0, 0.1) is 0 Å².